The molecule has 0 aliphatic heterocycles. The molecule has 2 rings (SSSR count). The molecule has 1 unspecified atom stereocenters. The summed E-state index contributed by atoms with van der Waals surface area (Å²) in [5.41, 5.74) is 1.36. The van der Waals surface area contributed by atoms with Crippen molar-refractivity contribution in [3.63, 3.8) is 0 Å². The molecule has 2 amide bonds. The number of carbonyl (C=O) groups excluding carboxylic acids is 2. The molecule has 0 aliphatic carbocycles. The van der Waals surface area contributed by atoms with Crippen molar-refractivity contribution in [1.29, 1.82) is 0 Å². The quantitative estimate of drug-likeness (QED) is 0.665. The summed E-state index contributed by atoms with van der Waals surface area (Å²) in [6, 6.07) is 14.2. The molecule has 6 heteroatoms. The molecule has 0 bridgehead atoms. The van der Waals surface area contributed by atoms with Crippen LogP contribution in [0, 0.1) is 0 Å². The van der Waals surface area contributed by atoms with Gasteiger partial charge in [0, 0.05) is 17.1 Å². The summed E-state index contributed by atoms with van der Waals surface area (Å²) in [5, 5.41) is 3.59. The van der Waals surface area contributed by atoms with E-state index in [9.17, 15) is 9.59 Å². The molecule has 0 saturated carbocycles. The van der Waals surface area contributed by atoms with E-state index in [1.165, 1.54) is 0 Å². The van der Waals surface area contributed by atoms with Crippen molar-refractivity contribution < 1.29 is 14.3 Å². The number of benzene rings is 2. The summed E-state index contributed by atoms with van der Waals surface area (Å²) in [7, 11) is 1.61. The van der Waals surface area contributed by atoms with E-state index in [1.807, 2.05) is 64.1 Å². The molecule has 2 aromatic rings. The van der Waals surface area contributed by atoms with Crippen molar-refractivity contribution in [3.8, 4) is 5.75 Å². The molecule has 0 fully saturated rings. The summed E-state index contributed by atoms with van der Waals surface area (Å²) < 4.78 is 5.22. The first-order valence-corrected chi connectivity index (χ1v) is 10.5. The Balaban J connectivity index is 2.31. The molecule has 0 spiro atoms. The van der Waals surface area contributed by atoms with E-state index < -0.39 is 6.04 Å². The maximum Gasteiger partial charge on any atom is 0.243 e. The lowest BCUT2D eigenvalue weighted by molar-refractivity contribution is -0.141. The Bertz CT molecular complexity index is 859. The maximum atomic E-state index is 13.3. The van der Waals surface area contributed by atoms with Gasteiger partial charge in [0.05, 0.1) is 13.5 Å². The van der Waals surface area contributed by atoms with E-state index in [0.717, 1.165) is 16.9 Å². The lowest BCUT2D eigenvalue weighted by atomic mass is 10.0. The Morgan fingerprint density at radius 3 is 2.30 bits per heavy atom. The molecule has 0 aromatic heterocycles. The SMILES string of the molecule is CCC(C(=O)NC(C)(C)C)N(Cc1ccc(OC)cc1)C(=O)Cc1cccc(Cl)c1. The zero-order chi connectivity index (χ0) is 22.3. The molecular formula is C24H31ClN2O3. The second kappa shape index (κ2) is 10.5. The van der Waals surface area contributed by atoms with Crippen molar-refractivity contribution in [2.45, 2.75) is 58.7 Å². The minimum absolute atomic E-state index is 0.121. The van der Waals surface area contributed by atoms with Gasteiger partial charge in [-0.2, -0.15) is 0 Å². The van der Waals surface area contributed by atoms with Crippen molar-refractivity contribution in [2.75, 3.05) is 7.11 Å². The molecule has 1 atom stereocenters. The number of methoxy groups -OCH3 is 1. The fourth-order valence-corrected chi connectivity index (χ4v) is 3.44. The Morgan fingerprint density at radius 1 is 1.10 bits per heavy atom. The fourth-order valence-electron chi connectivity index (χ4n) is 3.22. The van der Waals surface area contributed by atoms with Crippen LogP contribution >= 0.6 is 11.6 Å². The molecule has 2 aromatic carbocycles. The normalized spacial score (nSPS) is 12.2. The minimum Gasteiger partial charge on any atom is -0.497 e. The van der Waals surface area contributed by atoms with Crippen molar-refractivity contribution in [2.24, 2.45) is 0 Å². The van der Waals surface area contributed by atoms with Gasteiger partial charge in [-0.15, -0.1) is 0 Å². The lowest BCUT2D eigenvalue weighted by Gasteiger charge is -2.33. The van der Waals surface area contributed by atoms with Crippen LogP contribution in [-0.2, 0) is 22.6 Å². The number of hydrogen-bond donors (Lipinski definition) is 1. The van der Waals surface area contributed by atoms with Crippen molar-refractivity contribution >= 4 is 23.4 Å². The van der Waals surface area contributed by atoms with Crippen LogP contribution in [0.1, 0.15) is 45.2 Å². The van der Waals surface area contributed by atoms with E-state index in [1.54, 1.807) is 24.1 Å². The monoisotopic (exact) mass is 430 g/mol. The smallest absolute Gasteiger partial charge is 0.243 e. The molecule has 0 heterocycles. The number of amides is 2. The van der Waals surface area contributed by atoms with Crippen molar-refractivity contribution in [1.82, 2.24) is 10.2 Å². The number of hydrogen-bond acceptors (Lipinski definition) is 3. The maximum absolute atomic E-state index is 13.3. The highest BCUT2D eigenvalue weighted by molar-refractivity contribution is 6.30. The number of rotatable bonds is 8. The van der Waals surface area contributed by atoms with Gasteiger partial charge >= 0.3 is 0 Å². The second-order valence-corrected chi connectivity index (χ2v) is 8.78. The summed E-state index contributed by atoms with van der Waals surface area (Å²) in [6.07, 6.45) is 0.690. The van der Waals surface area contributed by atoms with Crippen LogP contribution in [0.15, 0.2) is 48.5 Å². The predicted molar refractivity (Wildman–Crippen MR) is 121 cm³/mol. The number of halogens is 1. The van der Waals surface area contributed by atoms with Gasteiger partial charge in [-0.3, -0.25) is 9.59 Å². The first-order chi connectivity index (χ1) is 14.1. The number of ether oxygens (including phenoxy) is 1. The minimum atomic E-state index is -0.571. The van der Waals surface area contributed by atoms with E-state index >= 15 is 0 Å². The van der Waals surface area contributed by atoms with Gasteiger partial charge in [-0.1, -0.05) is 42.8 Å². The molecule has 5 nitrogen and oxygen atoms in total. The molecule has 30 heavy (non-hydrogen) atoms. The van der Waals surface area contributed by atoms with Crippen LogP contribution < -0.4 is 10.1 Å². The lowest BCUT2D eigenvalue weighted by Crippen LogP contribution is -2.53. The first-order valence-electron chi connectivity index (χ1n) is 10.1. The molecule has 0 aliphatic rings. The van der Waals surface area contributed by atoms with Crippen LogP contribution in [0.5, 0.6) is 5.75 Å². The highest BCUT2D eigenvalue weighted by Crippen LogP contribution is 2.19. The van der Waals surface area contributed by atoms with Crippen LogP contribution in [0.2, 0.25) is 5.02 Å². The van der Waals surface area contributed by atoms with E-state index in [-0.39, 0.29) is 23.8 Å². The van der Waals surface area contributed by atoms with Gasteiger partial charge in [0.2, 0.25) is 11.8 Å². The summed E-state index contributed by atoms with van der Waals surface area (Å²) in [5.74, 6) is 0.468. The van der Waals surface area contributed by atoms with Crippen LogP contribution in [0.3, 0.4) is 0 Å². The average molecular weight is 431 g/mol. The third-order valence-corrected chi connectivity index (χ3v) is 4.88. The van der Waals surface area contributed by atoms with Gasteiger partial charge < -0.3 is 15.0 Å². The van der Waals surface area contributed by atoms with Gasteiger partial charge in [-0.05, 0) is 62.6 Å². The van der Waals surface area contributed by atoms with E-state index in [2.05, 4.69) is 5.32 Å². The van der Waals surface area contributed by atoms with E-state index in [4.69, 9.17) is 16.3 Å². The first kappa shape index (κ1) is 23.7. The Morgan fingerprint density at radius 2 is 1.77 bits per heavy atom. The molecule has 162 valence electrons. The summed E-state index contributed by atoms with van der Waals surface area (Å²) in [4.78, 5) is 27.9. The second-order valence-electron chi connectivity index (χ2n) is 8.34. The molecule has 0 radical (unpaired) electrons. The third-order valence-electron chi connectivity index (χ3n) is 4.64. The topological polar surface area (TPSA) is 58.6 Å². The van der Waals surface area contributed by atoms with E-state index in [0.29, 0.717) is 18.0 Å². The number of nitrogens with zero attached hydrogens (tertiary/aromatic N) is 1. The predicted octanol–water partition coefficient (Wildman–Crippen LogP) is 4.61. The molecular weight excluding hydrogens is 400 g/mol. The summed E-state index contributed by atoms with van der Waals surface area (Å²) >= 11 is 6.08. The Labute approximate surface area is 184 Å². The van der Waals surface area contributed by atoms with Gasteiger partial charge in [0.1, 0.15) is 11.8 Å². The van der Waals surface area contributed by atoms with Gasteiger partial charge in [-0.25, -0.2) is 0 Å². The zero-order valence-corrected chi connectivity index (χ0v) is 19.1. The zero-order valence-electron chi connectivity index (χ0n) is 18.4. The van der Waals surface area contributed by atoms with Crippen LogP contribution in [-0.4, -0.2) is 35.4 Å². The van der Waals surface area contributed by atoms with Gasteiger partial charge in [0.25, 0.3) is 0 Å². The number of carbonyl (C=O) groups is 2. The standard InChI is InChI=1S/C24H31ClN2O3/c1-6-21(23(29)26-24(2,3)4)27(16-17-10-12-20(30-5)13-11-17)22(28)15-18-8-7-9-19(25)14-18/h7-14,21H,6,15-16H2,1-5H3,(H,26,29). The average Bonchev–Trinajstić information content (AvgIpc) is 2.67. The Hall–Kier alpha value is -2.53. The molecule has 1 N–H and O–H groups in total. The molecule has 0 saturated heterocycles. The number of nitrogens with one attached hydrogen (secondary N) is 1. The van der Waals surface area contributed by atoms with Gasteiger partial charge in [0.15, 0.2) is 0 Å². The fraction of sp³-hybridized carbons (Fsp3) is 0.417. The highest BCUT2D eigenvalue weighted by Gasteiger charge is 2.30. The third kappa shape index (κ3) is 7.06. The van der Waals surface area contributed by atoms with Crippen molar-refractivity contribution in [3.05, 3.63) is 64.7 Å². The van der Waals surface area contributed by atoms with Crippen LogP contribution in [0.4, 0.5) is 0 Å². The largest absolute Gasteiger partial charge is 0.497 e. The summed E-state index contributed by atoms with van der Waals surface area (Å²) in [6.45, 7) is 8.04. The highest BCUT2D eigenvalue weighted by atomic mass is 35.5. The van der Waals surface area contributed by atoms with Crippen LogP contribution in [0.25, 0.3) is 0 Å². The Kier molecular flexibility index (Phi) is 8.30.